The number of halogens is 1. The first-order valence-corrected chi connectivity index (χ1v) is 7.75. The van der Waals surface area contributed by atoms with E-state index in [4.69, 9.17) is 16.3 Å². The summed E-state index contributed by atoms with van der Waals surface area (Å²) in [6, 6.07) is 14.7. The molecule has 24 heavy (non-hydrogen) atoms. The third kappa shape index (κ3) is 3.55. The highest BCUT2D eigenvalue weighted by molar-refractivity contribution is 6.30. The second kappa shape index (κ2) is 7.15. The third-order valence-electron chi connectivity index (χ3n) is 3.50. The van der Waals surface area contributed by atoms with Crippen molar-refractivity contribution in [1.29, 1.82) is 0 Å². The summed E-state index contributed by atoms with van der Waals surface area (Å²) in [4.78, 5) is 15.8. The largest absolute Gasteiger partial charge is 0.455 e. The van der Waals surface area contributed by atoms with Crippen molar-refractivity contribution in [2.24, 2.45) is 0 Å². The van der Waals surface area contributed by atoms with Crippen LogP contribution in [0.15, 0.2) is 67.4 Å². The van der Waals surface area contributed by atoms with Crippen LogP contribution in [0.5, 0.6) is 11.5 Å². The van der Waals surface area contributed by atoms with Gasteiger partial charge in [0.1, 0.15) is 11.3 Å². The second-order valence-electron chi connectivity index (χ2n) is 5.10. The van der Waals surface area contributed by atoms with Crippen LogP contribution in [0, 0.1) is 0 Å². The van der Waals surface area contributed by atoms with E-state index in [2.05, 4.69) is 16.9 Å². The molecule has 0 fully saturated rings. The summed E-state index contributed by atoms with van der Waals surface area (Å²) in [5.74, 6) is 1.11. The maximum Gasteiger partial charge on any atom is 0.243 e. The highest BCUT2D eigenvalue weighted by Gasteiger charge is 2.09. The molecule has 0 aliphatic carbocycles. The Hall–Kier alpha value is -2.85. The van der Waals surface area contributed by atoms with Crippen molar-refractivity contribution in [3.8, 4) is 11.5 Å². The minimum absolute atomic E-state index is 0.214. The number of hydrogen-bond acceptors (Lipinski definition) is 3. The fourth-order valence-electron chi connectivity index (χ4n) is 2.33. The number of ether oxygens (including phenoxy) is 1. The molecule has 0 aliphatic rings. The zero-order chi connectivity index (χ0) is 16.9. The van der Waals surface area contributed by atoms with Gasteiger partial charge in [-0.2, -0.15) is 0 Å². The molecule has 0 saturated heterocycles. The van der Waals surface area contributed by atoms with Gasteiger partial charge in [-0.25, -0.2) is 0 Å². The molecule has 0 atom stereocenters. The van der Waals surface area contributed by atoms with Gasteiger partial charge >= 0.3 is 0 Å². The normalized spacial score (nSPS) is 10.4. The van der Waals surface area contributed by atoms with Crippen molar-refractivity contribution in [3.05, 3.63) is 78.0 Å². The van der Waals surface area contributed by atoms with Gasteiger partial charge in [0.05, 0.1) is 0 Å². The van der Waals surface area contributed by atoms with E-state index in [1.807, 2.05) is 24.3 Å². The van der Waals surface area contributed by atoms with E-state index >= 15 is 0 Å². The summed E-state index contributed by atoms with van der Waals surface area (Å²) in [6.07, 6.45) is 2.96. The molecule has 0 saturated carbocycles. The molecule has 3 aromatic rings. The van der Waals surface area contributed by atoms with Gasteiger partial charge in [-0.1, -0.05) is 30.3 Å². The standard InChI is InChI=1S/C19H15ClN2O2/c1-2-18(23)22-12-13-5-10-17(19-16(13)4-3-11-21-19)24-15-8-6-14(20)7-9-15/h2-11H,1,12H2,(H,22,23). The van der Waals surface area contributed by atoms with E-state index in [-0.39, 0.29) is 5.91 Å². The quantitative estimate of drug-likeness (QED) is 0.698. The van der Waals surface area contributed by atoms with Crippen LogP contribution in [0.4, 0.5) is 0 Å². The first-order chi connectivity index (χ1) is 11.7. The number of nitrogens with zero attached hydrogens (tertiary/aromatic N) is 1. The van der Waals surface area contributed by atoms with E-state index < -0.39 is 0 Å². The first kappa shape index (κ1) is 16.0. The minimum atomic E-state index is -0.214. The molecule has 0 spiro atoms. The molecule has 0 radical (unpaired) electrons. The fourth-order valence-corrected chi connectivity index (χ4v) is 2.45. The number of amides is 1. The Bertz CT molecular complexity index is 892. The molecule has 1 N–H and O–H groups in total. The molecule has 1 heterocycles. The van der Waals surface area contributed by atoms with Crippen LogP contribution in [0.1, 0.15) is 5.56 Å². The molecule has 1 amide bonds. The van der Waals surface area contributed by atoms with Gasteiger partial charge < -0.3 is 10.1 Å². The van der Waals surface area contributed by atoms with Crippen molar-refractivity contribution in [2.75, 3.05) is 0 Å². The Labute approximate surface area is 144 Å². The van der Waals surface area contributed by atoms with Crippen LogP contribution in [-0.2, 0) is 11.3 Å². The fraction of sp³-hybridized carbons (Fsp3) is 0.0526. The summed E-state index contributed by atoms with van der Waals surface area (Å²) in [7, 11) is 0. The van der Waals surface area contributed by atoms with Crippen LogP contribution in [-0.4, -0.2) is 10.9 Å². The molecular weight excluding hydrogens is 324 g/mol. The van der Waals surface area contributed by atoms with Crippen LogP contribution >= 0.6 is 11.6 Å². The zero-order valence-electron chi connectivity index (χ0n) is 12.8. The molecule has 2 aromatic carbocycles. The molecular formula is C19H15ClN2O2. The Kier molecular flexibility index (Phi) is 4.77. The lowest BCUT2D eigenvalue weighted by Crippen LogP contribution is -2.20. The van der Waals surface area contributed by atoms with Crippen LogP contribution in [0.25, 0.3) is 10.9 Å². The molecule has 4 nitrogen and oxygen atoms in total. The molecule has 3 rings (SSSR count). The average molecular weight is 339 g/mol. The smallest absolute Gasteiger partial charge is 0.243 e. The van der Waals surface area contributed by atoms with Gasteiger partial charge in [-0.05, 0) is 48.0 Å². The maximum atomic E-state index is 11.4. The Morgan fingerprint density at radius 1 is 1.21 bits per heavy atom. The summed E-state index contributed by atoms with van der Waals surface area (Å²) in [5, 5.41) is 4.35. The number of benzene rings is 2. The number of hydrogen-bond donors (Lipinski definition) is 1. The molecule has 120 valence electrons. The summed E-state index contributed by atoms with van der Waals surface area (Å²) < 4.78 is 5.92. The topological polar surface area (TPSA) is 51.2 Å². The second-order valence-corrected chi connectivity index (χ2v) is 5.54. The van der Waals surface area contributed by atoms with Crippen molar-refractivity contribution >= 4 is 28.4 Å². The zero-order valence-corrected chi connectivity index (χ0v) is 13.6. The molecule has 1 aromatic heterocycles. The van der Waals surface area contributed by atoms with Crippen molar-refractivity contribution in [1.82, 2.24) is 10.3 Å². The van der Waals surface area contributed by atoms with E-state index in [1.54, 1.807) is 30.5 Å². The summed E-state index contributed by atoms with van der Waals surface area (Å²) in [6.45, 7) is 3.85. The van der Waals surface area contributed by atoms with Gasteiger partial charge in [0.2, 0.25) is 5.91 Å². The van der Waals surface area contributed by atoms with Crippen molar-refractivity contribution in [3.63, 3.8) is 0 Å². The van der Waals surface area contributed by atoms with Crippen LogP contribution in [0.3, 0.4) is 0 Å². The van der Waals surface area contributed by atoms with E-state index in [0.29, 0.717) is 23.1 Å². The van der Waals surface area contributed by atoms with Gasteiger partial charge in [0.15, 0.2) is 5.75 Å². The number of fused-ring (bicyclic) bond motifs is 1. The van der Waals surface area contributed by atoms with E-state index in [9.17, 15) is 4.79 Å². The molecule has 0 unspecified atom stereocenters. The number of pyridine rings is 1. The maximum absolute atomic E-state index is 11.4. The monoisotopic (exact) mass is 338 g/mol. The summed E-state index contributed by atoms with van der Waals surface area (Å²) in [5.41, 5.74) is 1.69. The molecule has 0 bridgehead atoms. The number of carbonyl (C=O) groups is 1. The predicted octanol–water partition coefficient (Wildman–Crippen LogP) is 4.48. The number of nitrogens with one attached hydrogen (secondary N) is 1. The van der Waals surface area contributed by atoms with Crippen LogP contribution < -0.4 is 10.1 Å². The molecule has 5 heteroatoms. The highest BCUT2D eigenvalue weighted by Crippen LogP contribution is 2.31. The Morgan fingerprint density at radius 2 is 2.00 bits per heavy atom. The Balaban J connectivity index is 1.94. The lowest BCUT2D eigenvalue weighted by molar-refractivity contribution is -0.116. The number of carbonyl (C=O) groups excluding carboxylic acids is 1. The van der Waals surface area contributed by atoms with Crippen LogP contribution in [0.2, 0.25) is 5.02 Å². The van der Waals surface area contributed by atoms with Gasteiger partial charge in [-0.3, -0.25) is 9.78 Å². The van der Waals surface area contributed by atoms with E-state index in [1.165, 1.54) is 6.08 Å². The molecule has 0 aliphatic heterocycles. The SMILES string of the molecule is C=CC(=O)NCc1ccc(Oc2ccc(Cl)cc2)c2ncccc12. The third-order valence-corrected chi connectivity index (χ3v) is 3.75. The lowest BCUT2D eigenvalue weighted by Gasteiger charge is -2.12. The van der Waals surface area contributed by atoms with Crippen molar-refractivity contribution in [2.45, 2.75) is 6.54 Å². The van der Waals surface area contributed by atoms with Gasteiger partial charge in [0, 0.05) is 23.2 Å². The number of aromatic nitrogens is 1. The minimum Gasteiger partial charge on any atom is -0.455 e. The highest BCUT2D eigenvalue weighted by atomic mass is 35.5. The Morgan fingerprint density at radius 3 is 2.75 bits per heavy atom. The first-order valence-electron chi connectivity index (χ1n) is 7.37. The van der Waals surface area contributed by atoms with Gasteiger partial charge in [-0.15, -0.1) is 0 Å². The summed E-state index contributed by atoms with van der Waals surface area (Å²) >= 11 is 5.89. The van der Waals surface area contributed by atoms with Crippen molar-refractivity contribution < 1.29 is 9.53 Å². The predicted molar refractivity (Wildman–Crippen MR) is 95.3 cm³/mol. The lowest BCUT2D eigenvalue weighted by atomic mass is 10.1. The van der Waals surface area contributed by atoms with Gasteiger partial charge in [0.25, 0.3) is 0 Å². The average Bonchev–Trinajstić information content (AvgIpc) is 2.62. The number of rotatable bonds is 5. The van der Waals surface area contributed by atoms with E-state index in [0.717, 1.165) is 16.5 Å².